The Labute approximate surface area is 74.1 Å². The quantitative estimate of drug-likeness (QED) is 0.359. The van der Waals surface area contributed by atoms with Gasteiger partial charge in [-0.05, 0) is 6.42 Å². The lowest BCUT2D eigenvalue weighted by molar-refractivity contribution is -0.137. The van der Waals surface area contributed by atoms with E-state index in [0.717, 1.165) is 4.43 Å². The van der Waals surface area contributed by atoms with Gasteiger partial charge in [-0.2, -0.15) is 0 Å². The van der Waals surface area contributed by atoms with E-state index >= 15 is 0 Å². The number of unbranched alkanes of at least 4 members (excludes halogenated alkanes) is 1. The van der Waals surface area contributed by atoms with E-state index in [1.54, 1.807) is 0 Å². The summed E-state index contributed by atoms with van der Waals surface area (Å²) in [6.07, 6.45) is 1.60. The standard InChI is InChI=1S/C7H9IO2/c8-6-4-2-1-3-5-7(9)10/h1,3,5-6H2,(H,9,10). The monoisotopic (exact) mass is 252 g/mol. The number of rotatable bonds is 3. The average molecular weight is 252 g/mol. The summed E-state index contributed by atoms with van der Waals surface area (Å²) in [6, 6.07) is 0. The van der Waals surface area contributed by atoms with Crippen LogP contribution in [0.3, 0.4) is 0 Å². The Morgan fingerprint density at radius 1 is 1.50 bits per heavy atom. The minimum atomic E-state index is -0.740. The first-order valence-corrected chi connectivity index (χ1v) is 4.53. The Balaban J connectivity index is 3.13. The third kappa shape index (κ3) is 7.76. The highest BCUT2D eigenvalue weighted by molar-refractivity contribution is 14.1. The fourth-order valence-corrected chi connectivity index (χ4v) is 0.733. The molecule has 0 spiro atoms. The number of halogens is 1. The largest absolute Gasteiger partial charge is 0.481 e. The maximum atomic E-state index is 9.98. The van der Waals surface area contributed by atoms with Crippen molar-refractivity contribution in [2.75, 3.05) is 4.43 Å². The Kier molecular flexibility index (Phi) is 6.71. The molecule has 0 aromatic rings. The summed E-state index contributed by atoms with van der Waals surface area (Å²) in [4.78, 5) is 9.98. The van der Waals surface area contributed by atoms with E-state index in [2.05, 4.69) is 34.4 Å². The zero-order valence-corrected chi connectivity index (χ0v) is 7.72. The number of aliphatic carboxylic acids is 1. The first kappa shape index (κ1) is 9.76. The maximum Gasteiger partial charge on any atom is 0.303 e. The Morgan fingerprint density at radius 2 is 2.20 bits per heavy atom. The minimum Gasteiger partial charge on any atom is -0.481 e. The molecule has 0 aliphatic heterocycles. The van der Waals surface area contributed by atoms with E-state index in [0.29, 0.717) is 12.8 Å². The second kappa shape index (κ2) is 6.87. The van der Waals surface area contributed by atoms with Crippen molar-refractivity contribution in [1.29, 1.82) is 0 Å². The molecule has 0 aliphatic rings. The second-order valence-corrected chi connectivity index (χ2v) is 2.50. The van der Waals surface area contributed by atoms with Crippen LogP contribution in [0.15, 0.2) is 0 Å². The molecule has 0 unspecified atom stereocenters. The summed E-state index contributed by atoms with van der Waals surface area (Å²) in [5.74, 6) is 5.00. The Bertz CT molecular complexity index is 155. The van der Waals surface area contributed by atoms with Crippen LogP contribution in [-0.2, 0) is 4.79 Å². The van der Waals surface area contributed by atoms with Crippen LogP contribution in [0, 0.1) is 11.8 Å². The predicted molar refractivity (Wildman–Crippen MR) is 48.1 cm³/mol. The van der Waals surface area contributed by atoms with Gasteiger partial charge < -0.3 is 5.11 Å². The van der Waals surface area contributed by atoms with Crippen LogP contribution in [0.2, 0.25) is 0 Å². The van der Waals surface area contributed by atoms with Crippen LogP contribution in [0.4, 0.5) is 0 Å². The molecule has 3 heteroatoms. The molecule has 0 heterocycles. The summed E-state index contributed by atoms with van der Waals surface area (Å²) in [7, 11) is 0. The van der Waals surface area contributed by atoms with Gasteiger partial charge in [0.15, 0.2) is 0 Å². The highest BCUT2D eigenvalue weighted by atomic mass is 127. The summed E-state index contributed by atoms with van der Waals surface area (Å²) in [5, 5.41) is 8.22. The molecule has 0 fully saturated rings. The van der Waals surface area contributed by atoms with Gasteiger partial charge in [0.2, 0.25) is 0 Å². The number of hydrogen-bond acceptors (Lipinski definition) is 1. The zero-order valence-electron chi connectivity index (χ0n) is 5.56. The van der Waals surface area contributed by atoms with Crippen LogP contribution in [0.25, 0.3) is 0 Å². The number of carbonyl (C=O) groups is 1. The fraction of sp³-hybridized carbons (Fsp3) is 0.571. The normalized spacial score (nSPS) is 8.10. The van der Waals surface area contributed by atoms with Crippen molar-refractivity contribution in [3.8, 4) is 11.8 Å². The lowest BCUT2D eigenvalue weighted by Gasteiger charge is -1.86. The predicted octanol–water partition coefficient (Wildman–Crippen LogP) is 1.68. The summed E-state index contributed by atoms with van der Waals surface area (Å²) in [5.41, 5.74) is 0. The van der Waals surface area contributed by atoms with Crippen molar-refractivity contribution in [3.05, 3.63) is 0 Å². The van der Waals surface area contributed by atoms with E-state index in [9.17, 15) is 4.79 Å². The molecule has 0 radical (unpaired) electrons. The SMILES string of the molecule is O=C(O)CCCC#CCI. The summed E-state index contributed by atoms with van der Waals surface area (Å²) < 4.78 is 0.824. The minimum absolute atomic E-state index is 0.232. The third-order valence-electron chi connectivity index (χ3n) is 0.884. The summed E-state index contributed by atoms with van der Waals surface area (Å²) in [6.45, 7) is 0. The third-order valence-corrected chi connectivity index (χ3v) is 1.27. The molecule has 0 saturated carbocycles. The van der Waals surface area contributed by atoms with Crippen molar-refractivity contribution >= 4 is 28.6 Å². The molecule has 0 amide bonds. The first-order chi connectivity index (χ1) is 4.77. The van der Waals surface area contributed by atoms with Gasteiger partial charge in [-0.15, -0.1) is 5.92 Å². The van der Waals surface area contributed by atoms with Crippen molar-refractivity contribution in [2.24, 2.45) is 0 Å². The number of hydrogen-bond donors (Lipinski definition) is 1. The molecule has 0 aliphatic carbocycles. The second-order valence-electron chi connectivity index (χ2n) is 1.73. The fourth-order valence-electron chi connectivity index (χ4n) is 0.464. The average Bonchev–Trinajstić information content (AvgIpc) is 1.87. The zero-order chi connectivity index (χ0) is 7.82. The molecular weight excluding hydrogens is 243 g/mol. The summed E-state index contributed by atoms with van der Waals surface area (Å²) >= 11 is 2.16. The van der Waals surface area contributed by atoms with Crippen LogP contribution >= 0.6 is 22.6 Å². The molecule has 0 atom stereocenters. The molecule has 56 valence electrons. The van der Waals surface area contributed by atoms with Crippen LogP contribution in [0.5, 0.6) is 0 Å². The smallest absolute Gasteiger partial charge is 0.303 e. The van der Waals surface area contributed by atoms with E-state index in [4.69, 9.17) is 5.11 Å². The van der Waals surface area contributed by atoms with E-state index < -0.39 is 5.97 Å². The highest BCUT2D eigenvalue weighted by Crippen LogP contribution is 1.92. The highest BCUT2D eigenvalue weighted by Gasteiger charge is 1.92. The van der Waals surface area contributed by atoms with E-state index in [-0.39, 0.29) is 6.42 Å². The van der Waals surface area contributed by atoms with Gasteiger partial charge in [0.05, 0.1) is 4.43 Å². The molecule has 10 heavy (non-hydrogen) atoms. The van der Waals surface area contributed by atoms with E-state index in [1.807, 2.05) is 0 Å². The maximum absolute atomic E-state index is 9.98. The van der Waals surface area contributed by atoms with Crippen molar-refractivity contribution < 1.29 is 9.90 Å². The van der Waals surface area contributed by atoms with Gasteiger partial charge in [-0.25, -0.2) is 0 Å². The Hall–Kier alpha value is -0.240. The Morgan fingerprint density at radius 3 is 2.70 bits per heavy atom. The lowest BCUT2D eigenvalue weighted by atomic mass is 10.2. The number of carboxylic acid groups (broad SMARTS) is 1. The molecular formula is C7H9IO2. The van der Waals surface area contributed by atoms with Crippen molar-refractivity contribution in [2.45, 2.75) is 19.3 Å². The van der Waals surface area contributed by atoms with Crippen LogP contribution in [0.1, 0.15) is 19.3 Å². The first-order valence-electron chi connectivity index (χ1n) is 3.01. The topological polar surface area (TPSA) is 37.3 Å². The van der Waals surface area contributed by atoms with Gasteiger partial charge in [0, 0.05) is 12.8 Å². The van der Waals surface area contributed by atoms with Crippen molar-refractivity contribution in [3.63, 3.8) is 0 Å². The molecule has 1 N–H and O–H groups in total. The van der Waals surface area contributed by atoms with Crippen LogP contribution < -0.4 is 0 Å². The van der Waals surface area contributed by atoms with E-state index in [1.165, 1.54) is 0 Å². The van der Waals surface area contributed by atoms with Gasteiger partial charge in [0.1, 0.15) is 0 Å². The molecule has 2 nitrogen and oxygen atoms in total. The molecule has 0 saturated heterocycles. The number of carboxylic acids is 1. The number of alkyl halides is 1. The molecule has 0 bridgehead atoms. The van der Waals surface area contributed by atoms with Gasteiger partial charge in [0.25, 0.3) is 0 Å². The van der Waals surface area contributed by atoms with Gasteiger partial charge in [-0.1, -0.05) is 28.5 Å². The van der Waals surface area contributed by atoms with Gasteiger partial charge >= 0.3 is 5.97 Å². The molecule has 0 aromatic carbocycles. The lowest BCUT2D eigenvalue weighted by Crippen LogP contribution is -1.92. The molecule has 0 rings (SSSR count). The van der Waals surface area contributed by atoms with Gasteiger partial charge in [-0.3, -0.25) is 4.79 Å². The van der Waals surface area contributed by atoms with Crippen molar-refractivity contribution in [1.82, 2.24) is 0 Å². The molecule has 0 aromatic heterocycles. The van der Waals surface area contributed by atoms with Crippen LogP contribution in [-0.4, -0.2) is 15.5 Å².